The van der Waals surface area contributed by atoms with Crippen LogP contribution in [0.3, 0.4) is 0 Å². The number of hydrogen-bond donors (Lipinski definition) is 1. The van der Waals surface area contributed by atoms with Gasteiger partial charge in [-0.1, -0.05) is 0 Å². The van der Waals surface area contributed by atoms with E-state index in [0.717, 1.165) is 11.3 Å². The fourth-order valence-electron chi connectivity index (χ4n) is 2.43. The topological polar surface area (TPSA) is 73.1 Å². The van der Waals surface area contributed by atoms with Crippen molar-refractivity contribution in [1.82, 2.24) is 5.32 Å². The highest BCUT2D eigenvalue weighted by atomic mass is 16.5. The van der Waals surface area contributed by atoms with E-state index in [1.165, 1.54) is 0 Å². The summed E-state index contributed by atoms with van der Waals surface area (Å²) >= 11 is 0. The van der Waals surface area contributed by atoms with E-state index in [4.69, 9.17) is 13.9 Å². The summed E-state index contributed by atoms with van der Waals surface area (Å²) in [6.45, 7) is 0. The molecule has 1 N–H and O–H groups in total. The molecule has 2 heterocycles. The van der Waals surface area contributed by atoms with Gasteiger partial charge in [-0.3, -0.25) is 4.79 Å². The van der Waals surface area contributed by atoms with Crippen molar-refractivity contribution < 1.29 is 18.7 Å². The molecule has 0 spiro atoms. The number of ether oxygens (including phenoxy) is 2. The Morgan fingerprint density at radius 1 is 1.21 bits per heavy atom. The first-order chi connectivity index (χ1) is 11.7. The minimum atomic E-state index is -0.227. The standard InChI is InChI=1S/C18H18N2O4/c1-22-14-5-7-16(23-2)12(10-14)11-15-18(21)20-17(19-15)8-6-13-4-3-9-24-13/h3-5,7,9-11H,6,8H2,1-2H3,(H,19,20,21)/b15-11-. The van der Waals surface area contributed by atoms with Gasteiger partial charge in [0.25, 0.3) is 5.91 Å². The van der Waals surface area contributed by atoms with Gasteiger partial charge in [0.1, 0.15) is 28.8 Å². The normalized spacial score (nSPS) is 15.3. The Labute approximate surface area is 139 Å². The van der Waals surface area contributed by atoms with Gasteiger partial charge in [-0.25, -0.2) is 4.99 Å². The lowest BCUT2D eigenvalue weighted by molar-refractivity contribution is -0.115. The van der Waals surface area contributed by atoms with E-state index in [1.54, 1.807) is 44.8 Å². The number of amides is 1. The lowest BCUT2D eigenvalue weighted by Gasteiger charge is -2.07. The van der Waals surface area contributed by atoms with Gasteiger partial charge in [0, 0.05) is 18.4 Å². The third-order valence-electron chi connectivity index (χ3n) is 3.66. The maximum Gasteiger partial charge on any atom is 0.275 e. The van der Waals surface area contributed by atoms with Crippen molar-refractivity contribution in [3.8, 4) is 11.5 Å². The molecule has 0 unspecified atom stereocenters. The molecule has 24 heavy (non-hydrogen) atoms. The fourth-order valence-corrected chi connectivity index (χ4v) is 2.43. The number of methoxy groups -OCH3 is 2. The van der Waals surface area contributed by atoms with Crippen LogP contribution in [-0.4, -0.2) is 26.0 Å². The van der Waals surface area contributed by atoms with Gasteiger partial charge in [-0.2, -0.15) is 0 Å². The summed E-state index contributed by atoms with van der Waals surface area (Å²) in [5.74, 6) is 2.59. The summed E-state index contributed by atoms with van der Waals surface area (Å²) in [5.41, 5.74) is 1.08. The van der Waals surface area contributed by atoms with Crippen LogP contribution in [0.1, 0.15) is 17.7 Å². The van der Waals surface area contributed by atoms with E-state index >= 15 is 0 Å². The summed E-state index contributed by atoms with van der Waals surface area (Å²) in [6.07, 6.45) is 4.61. The first kappa shape index (κ1) is 15.9. The highest BCUT2D eigenvalue weighted by molar-refractivity contribution is 6.14. The zero-order valence-corrected chi connectivity index (χ0v) is 13.5. The third kappa shape index (κ3) is 3.48. The molecule has 1 aromatic carbocycles. The van der Waals surface area contributed by atoms with Gasteiger partial charge in [0.05, 0.1) is 20.5 Å². The molecule has 2 aromatic rings. The van der Waals surface area contributed by atoms with E-state index in [-0.39, 0.29) is 5.91 Å². The predicted octanol–water partition coefficient (Wildman–Crippen LogP) is 2.80. The van der Waals surface area contributed by atoms with Gasteiger partial charge in [-0.15, -0.1) is 0 Å². The molecule has 6 nitrogen and oxygen atoms in total. The molecule has 0 aliphatic carbocycles. The number of aliphatic imine (C=N–C) groups is 1. The lowest BCUT2D eigenvalue weighted by atomic mass is 10.1. The van der Waals surface area contributed by atoms with E-state index < -0.39 is 0 Å². The number of aryl methyl sites for hydroxylation is 1. The monoisotopic (exact) mass is 326 g/mol. The zero-order chi connectivity index (χ0) is 16.9. The number of benzene rings is 1. The molecule has 1 aliphatic heterocycles. The van der Waals surface area contributed by atoms with Gasteiger partial charge in [-0.05, 0) is 36.4 Å². The van der Waals surface area contributed by atoms with Crippen LogP contribution < -0.4 is 14.8 Å². The molecule has 0 fully saturated rings. The van der Waals surface area contributed by atoms with Crippen LogP contribution in [0, 0.1) is 0 Å². The minimum absolute atomic E-state index is 0.227. The van der Waals surface area contributed by atoms with Crippen LogP contribution in [-0.2, 0) is 11.2 Å². The van der Waals surface area contributed by atoms with Crippen LogP contribution in [0.2, 0.25) is 0 Å². The Hall–Kier alpha value is -3.02. The van der Waals surface area contributed by atoms with Crippen LogP contribution in [0.5, 0.6) is 11.5 Å². The summed E-state index contributed by atoms with van der Waals surface area (Å²) in [7, 11) is 3.17. The van der Waals surface area contributed by atoms with Crippen molar-refractivity contribution in [1.29, 1.82) is 0 Å². The quantitative estimate of drug-likeness (QED) is 0.829. The Morgan fingerprint density at radius 3 is 2.79 bits per heavy atom. The molecule has 0 radical (unpaired) electrons. The first-order valence-electron chi connectivity index (χ1n) is 7.54. The highest BCUT2D eigenvalue weighted by Crippen LogP contribution is 2.27. The van der Waals surface area contributed by atoms with Gasteiger partial charge < -0.3 is 19.2 Å². The van der Waals surface area contributed by atoms with Gasteiger partial charge >= 0.3 is 0 Å². The molecule has 1 aromatic heterocycles. The number of furan rings is 1. The number of nitrogens with zero attached hydrogens (tertiary/aromatic N) is 1. The number of amidine groups is 1. The average molecular weight is 326 g/mol. The lowest BCUT2D eigenvalue weighted by Crippen LogP contribution is -2.24. The van der Waals surface area contributed by atoms with Crippen molar-refractivity contribution in [2.45, 2.75) is 12.8 Å². The van der Waals surface area contributed by atoms with E-state index in [2.05, 4.69) is 10.3 Å². The zero-order valence-electron chi connectivity index (χ0n) is 13.5. The number of hydrogen-bond acceptors (Lipinski definition) is 5. The summed E-state index contributed by atoms with van der Waals surface area (Å²) in [4.78, 5) is 16.5. The van der Waals surface area contributed by atoms with Crippen LogP contribution in [0.4, 0.5) is 0 Å². The van der Waals surface area contributed by atoms with Crippen molar-refractivity contribution >= 4 is 17.8 Å². The molecule has 1 aliphatic rings. The predicted molar refractivity (Wildman–Crippen MR) is 90.1 cm³/mol. The molecule has 0 saturated carbocycles. The summed E-state index contributed by atoms with van der Waals surface area (Å²) in [6, 6.07) is 9.13. The van der Waals surface area contributed by atoms with Crippen LogP contribution >= 0.6 is 0 Å². The Morgan fingerprint density at radius 2 is 2.08 bits per heavy atom. The fraction of sp³-hybridized carbons (Fsp3) is 0.222. The number of nitrogens with one attached hydrogen (secondary N) is 1. The average Bonchev–Trinajstić information content (AvgIpc) is 3.23. The second-order valence-corrected chi connectivity index (χ2v) is 5.23. The van der Waals surface area contributed by atoms with E-state index in [0.29, 0.717) is 35.9 Å². The minimum Gasteiger partial charge on any atom is -0.497 e. The number of carbonyl (C=O) groups excluding carboxylic acids is 1. The van der Waals surface area contributed by atoms with Crippen LogP contribution in [0.25, 0.3) is 6.08 Å². The number of carbonyl (C=O) groups is 1. The molecule has 124 valence electrons. The summed E-state index contributed by atoms with van der Waals surface area (Å²) in [5, 5.41) is 2.78. The molecule has 1 amide bonds. The van der Waals surface area contributed by atoms with Gasteiger partial charge in [0.15, 0.2) is 0 Å². The van der Waals surface area contributed by atoms with Crippen molar-refractivity contribution in [3.05, 3.63) is 53.6 Å². The molecule has 0 bridgehead atoms. The molecule has 0 atom stereocenters. The van der Waals surface area contributed by atoms with Crippen LogP contribution in [0.15, 0.2) is 51.7 Å². The molecular formula is C18H18N2O4. The summed E-state index contributed by atoms with van der Waals surface area (Å²) < 4.78 is 15.8. The van der Waals surface area contributed by atoms with Crippen molar-refractivity contribution in [2.75, 3.05) is 14.2 Å². The SMILES string of the molecule is COc1ccc(OC)c(/C=C2\N=C(CCc3ccco3)NC2=O)c1. The maximum atomic E-state index is 12.1. The highest BCUT2D eigenvalue weighted by Gasteiger charge is 2.20. The Kier molecular flexibility index (Phi) is 4.65. The largest absolute Gasteiger partial charge is 0.497 e. The number of rotatable bonds is 6. The molecular weight excluding hydrogens is 308 g/mol. The van der Waals surface area contributed by atoms with Crippen molar-refractivity contribution in [2.24, 2.45) is 4.99 Å². The smallest absolute Gasteiger partial charge is 0.275 e. The second-order valence-electron chi connectivity index (χ2n) is 5.23. The Bertz CT molecular complexity index is 791. The molecule has 3 rings (SSSR count). The molecule has 6 heteroatoms. The van der Waals surface area contributed by atoms with Gasteiger partial charge in [0.2, 0.25) is 0 Å². The Balaban J connectivity index is 1.80. The molecule has 0 saturated heterocycles. The van der Waals surface area contributed by atoms with E-state index in [1.807, 2.05) is 12.1 Å². The van der Waals surface area contributed by atoms with E-state index in [9.17, 15) is 4.79 Å². The second kappa shape index (κ2) is 7.04. The third-order valence-corrected chi connectivity index (χ3v) is 3.66. The first-order valence-corrected chi connectivity index (χ1v) is 7.54. The maximum absolute atomic E-state index is 12.1. The van der Waals surface area contributed by atoms with Crippen molar-refractivity contribution in [3.63, 3.8) is 0 Å².